The van der Waals surface area contributed by atoms with Gasteiger partial charge in [0.25, 0.3) is 0 Å². The summed E-state index contributed by atoms with van der Waals surface area (Å²) in [5.74, 6) is -0.205. The van der Waals surface area contributed by atoms with Crippen LogP contribution < -0.4 is 10.1 Å². The van der Waals surface area contributed by atoms with Crippen LogP contribution in [0.1, 0.15) is 40.2 Å². The molecule has 1 amide bonds. The molecule has 0 aliphatic heterocycles. The van der Waals surface area contributed by atoms with Crippen molar-refractivity contribution in [3.05, 3.63) is 75.7 Å². The van der Waals surface area contributed by atoms with Gasteiger partial charge in [-0.15, -0.1) is 11.3 Å². The van der Waals surface area contributed by atoms with E-state index in [4.69, 9.17) is 13.9 Å². The number of aryl methyl sites for hydroxylation is 2. The van der Waals surface area contributed by atoms with Crippen LogP contribution >= 0.6 is 11.3 Å². The van der Waals surface area contributed by atoms with Crippen molar-refractivity contribution < 1.29 is 23.5 Å². The minimum absolute atomic E-state index is 0.347. The lowest BCUT2D eigenvalue weighted by molar-refractivity contribution is -0.111. The largest absolute Gasteiger partial charge is 0.493 e. The van der Waals surface area contributed by atoms with Gasteiger partial charge in [-0.25, -0.2) is 4.79 Å². The standard InChI is InChI=1S/C28H27NO5S/c1-6-33-24-14-25-21(22(15-34-25)19-8-7-16(2)11-17(19)3)13-20(24)18(4)12-26(30)29-23-9-10-35-27(23)28(31)32-5/h7-15H,6H2,1-5H3,(H,29,30)/b18-12+. The zero-order valence-electron chi connectivity index (χ0n) is 20.4. The number of anilines is 1. The summed E-state index contributed by atoms with van der Waals surface area (Å²) >= 11 is 1.21. The lowest BCUT2D eigenvalue weighted by atomic mass is 9.96. The van der Waals surface area contributed by atoms with Gasteiger partial charge in [-0.3, -0.25) is 4.79 Å². The fraction of sp³-hybridized carbons (Fsp3) is 0.214. The highest BCUT2D eigenvalue weighted by Crippen LogP contribution is 2.38. The molecule has 35 heavy (non-hydrogen) atoms. The smallest absolute Gasteiger partial charge is 0.350 e. The average Bonchev–Trinajstić information content (AvgIpc) is 3.45. The SMILES string of the molecule is CCOc1cc2occ(-c3ccc(C)cc3C)c2cc1/C(C)=C/C(=O)Nc1ccsc1C(=O)OC. The molecule has 2 aromatic carbocycles. The number of rotatable bonds is 7. The third kappa shape index (κ3) is 5.00. The molecule has 0 bridgehead atoms. The molecule has 4 aromatic rings. The number of amides is 1. The van der Waals surface area contributed by atoms with Gasteiger partial charge in [-0.2, -0.15) is 0 Å². The number of hydrogen-bond acceptors (Lipinski definition) is 6. The predicted molar refractivity (Wildman–Crippen MR) is 140 cm³/mol. The summed E-state index contributed by atoms with van der Waals surface area (Å²) in [6.07, 6.45) is 3.26. The number of hydrogen-bond donors (Lipinski definition) is 1. The van der Waals surface area contributed by atoms with E-state index in [0.29, 0.717) is 28.5 Å². The lowest BCUT2D eigenvalue weighted by Crippen LogP contribution is -2.11. The van der Waals surface area contributed by atoms with E-state index in [1.165, 1.54) is 30.1 Å². The number of carbonyl (C=O) groups is 2. The van der Waals surface area contributed by atoms with E-state index >= 15 is 0 Å². The van der Waals surface area contributed by atoms with E-state index in [2.05, 4.69) is 37.4 Å². The molecule has 0 unspecified atom stereocenters. The number of methoxy groups -OCH3 is 1. The molecule has 0 fully saturated rings. The van der Waals surface area contributed by atoms with Gasteiger partial charge in [-0.05, 0) is 61.9 Å². The molecule has 1 N–H and O–H groups in total. The first-order valence-electron chi connectivity index (χ1n) is 11.2. The van der Waals surface area contributed by atoms with Crippen LogP contribution in [0.5, 0.6) is 5.75 Å². The minimum atomic E-state index is -0.487. The summed E-state index contributed by atoms with van der Waals surface area (Å²) in [6, 6.07) is 11.9. The number of nitrogens with one attached hydrogen (secondary N) is 1. The second-order valence-electron chi connectivity index (χ2n) is 8.22. The monoisotopic (exact) mass is 489 g/mol. The summed E-state index contributed by atoms with van der Waals surface area (Å²) in [5.41, 5.74) is 7.08. The van der Waals surface area contributed by atoms with Gasteiger partial charge in [0.1, 0.15) is 16.2 Å². The molecule has 0 saturated heterocycles. The van der Waals surface area contributed by atoms with Crippen LogP contribution in [-0.2, 0) is 9.53 Å². The van der Waals surface area contributed by atoms with Gasteiger partial charge < -0.3 is 19.2 Å². The first kappa shape index (κ1) is 24.3. The van der Waals surface area contributed by atoms with E-state index in [1.807, 2.05) is 26.0 Å². The van der Waals surface area contributed by atoms with Crippen LogP contribution in [0.2, 0.25) is 0 Å². The van der Waals surface area contributed by atoms with Gasteiger partial charge in [-0.1, -0.05) is 23.8 Å². The van der Waals surface area contributed by atoms with Crippen molar-refractivity contribution in [1.82, 2.24) is 0 Å². The molecule has 0 atom stereocenters. The van der Waals surface area contributed by atoms with Gasteiger partial charge in [0.2, 0.25) is 5.91 Å². The fourth-order valence-electron chi connectivity index (χ4n) is 4.06. The summed E-state index contributed by atoms with van der Waals surface area (Å²) in [7, 11) is 1.31. The normalized spacial score (nSPS) is 11.5. The Hall–Kier alpha value is -3.84. The van der Waals surface area contributed by atoms with Crippen molar-refractivity contribution in [3.63, 3.8) is 0 Å². The Bertz CT molecular complexity index is 1440. The molecule has 0 aliphatic carbocycles. The van der Waals surface area contributed by atoms with Crippen molar-refractivity contribution >= 4 is 45.4 Å². The zero-order valence-corrected chi connectivity index (χ0v) is 21.2. The summed E-state index contributed by atoms with van der Waals surface area (Å²) in [4.78, 5) is 25.1. The molecule has 2 aromatic heterocycles. The summed E-state index contributed by atoms with van der Waals surface area (Å²) in [5, 5.41) is 5.44. The number of fused-ring (bicyclic) bond motifs is 1. The molecule has 4 rings (SSSR count). The van der Waals surface area contributed by atoms with Crippen LogP contribution in [0, 0.1) is 13.8 Å². The van der Waals surface area contributed by atoms with Crippen molar-refractivity contribution in [2.24, 2.45) is 0 Å². The second kappa shape index (κ2) is 10.2. The third-order valence-electron chi connectivity index (χ3n) is 5.71. The number of thiophene rings is 1. The van der Waals surface area contributed by atoms with Crippen molar-refractivity contribution in [2.75, 3.05) is 19.0 Å². The van der Waals surface area contributed by atoms with Gasteiger partial charge in [0.15, 0.2) is 0 Å². The maximum Gasteiger partial charge on any atom is 0.350 e. The lowest BCUT2D eigenvalue weighted by Gasteiger charge is -2.12. The summed E-state index contributed by atoms with van der Waals surface area (Å²) in [6.45, 7) is 8.39. The topological polar surface area (TPSA) is 77.8 Å². The Labute approximate surface area is 208 Å². The molecular formula is C28H27NO5S. The van der Waals surface area contributed by atoms with E-state index in [-0.39, 0.29) is 5.91 Å². The number of ether oxygens (including phenoxy) is 2. The highest BCUT2D eigenvalue weighted by atomic mass is 32.1. The van der Waals surface area contributed by atoms with Gasteiger partial charge >= 0.3 is 5.97 Å². The zero-order chi connectivity index (χ0) is 25.1. The van der Waals surface area contributed by atoms with E-state index in [1.54, 1.807) is 17.7 Å². The highest BCUT2D eigenvalue weighted by Gasteiger charge is 2.18. The minimum Gasteiger partial charge on any atom is -0.493 e. The average molecular weight is 490 g/mol. The van der Waals surface area contributed by atoms with Crippen LogP contribution in [0.3, 0.4) is 0 Å². The Kier molecular flexibility index (Phi) is 7.07. The molecular weight excluding hydrogens is 462 g/mol. The second-order valence-corrected chi connectivity index (χ2v) is 9.13. The number of benzene rings is 2. The molecule has 6 nitrogen and oxygen atoms in total. The molecule has 7 heteroatoms. The maximum absolute atomic E-state index is 12.8. The van der Waals surface area contributed by atoms with Crippen LogP contribution in [-0.4, -0.2) is 25.6 Å². The van der Waals surface area contributed by atoms with Crippen LogP contribution in [0.4, 0.5) is 5.69 Å². The van der Waals surface area contributed by atoms with Crippen molar-refractivity contribution in [2.45, 2.75) is 27.7 Å². The molecule has 180 valence electrons. The number of furan rings is 1. The highest BCUT2D eigenvalue weighted by molar-refractivity contribution is 7.12. The van der Waals surface area contributed by atoms with E-state index < -0.39 is 5.97 Å². The number of esters is 1. The third-order valence-corrected chi connectivity index (χ3v) is 6.61. The molecule has 0 radical (unpaired) electrons. The summed E-state index contributed by atoms with van der Waals surface area (Å²) < 4.78 is 16.6. The van der Waals surface area contributed by atoms with E-state index in [9.17, 15) is 9.59 Å². The Morgan fingerprint density at radius 2 is 1.91 bits per heavy atom. The Morgan fingerprint density at radius 3 is 2.63 bits per heavy atom. The molecule has 0 saturated carbocycles. The van der Waals surface area contributed by atoms with Gasteiger partial charge in [0.05, 0.1) is 25.7 Å². The van der Waals surface area contributed by atoms with Crippen LogP contribution in [0.25, 0.3) is 27.7 Å². The molecule has 0 aliphatic rings. The molecule has 0 spiro atoms. The van der Waals surface area contributed by atoms with Gasteiger partial charge in [0, 0.05) is 28.7 Å². The van der Waals surface area contributed by atoms with Crippen molar-refractivity contribution in [1.29, 1.82) is 0 Å². The quantitative estimate of drug-likeness (QED) is 0.223. The van der Waals surface area contributed by atoms with E-state index in [0.717, 1.165) is 33.2 Å². The molecule has 2 heterocycles. The fourth-order valence-corrected chi connectivity index (χ4v) is 4.83. The number of carbonyl (C=O) groups excluding carboxylic acids is 2. The Balaban J connectivity index is 1.73. The predicted octanol–water partition coefficient (Wildman–Crippen LogP) is 7.01. The maximum atomic E-state index is 12.8. The van der Waals surface area contributed by atoms with Crippen molar-refractivity contribution in [3.8, 4) is 16.9 Å². The first-order chi connectivity index (χ1) is 16.8. The van der Waals surface area contributed by atoms with Crippen LogP contribution in [0.15, 0.2) is 58.5 Å². The number of allylic oxidation sites excluding steroid dienone is 1. The Morgan fingerprint density at radius 1 is 1.11 bits per heavy atom. The first-order valence-corrected chi connectivity index (χ1v) is 12.1.